The summed E-state index contributed by atoms with van der Waals surface area (Å²) in [7, 11) is 0. The molecule has 3 aromatic rings. The van der Waals surface area contributed by atoms with Gasteiger partial charge in [0.15, 0.2) is 0 Å². The average molecular weight is 637 g/mol. The third-order valence-electron chi connectivity index (χ3n) is 7.89. The van der Waals surface area contributed by atoms with Crippen molar-refractivity contribution >= 4 is 40.6 Å². The molecule has 6 atom stereocenters. The van der Waals surface area contributed by atoms with E-state index in [9.17, 15) is 34.2 Å². The van der Waals surface area contributed by atoms with Crippen molar-refractivity contribution < 1.29 is 38.9 Å². The number of carbonyl (C=O) groups is 5. The number of aromatic nitrogens is 1. The number of aromatic amines is 1. The Morgan fingerprint density at radius 1 is 0.957 bits per heavy atom. The summed E-state index contributed by atoms with van der Waals surface area (Å²) in [6.07, 6.45) is -1.08. The number of alkyl carbamates (subject to hydrolysis) is 1. The lowest BCUT2D eigenvalue weighted by atomic mass is 10.0. The van der Waals surface area contributed by atoms with Gasteiger partial charge in [-0.15, -0.1) is 0 Å². The quantitative estimate of drug-likeness (QED) is 0.137. The first-order chi connectivity index (χ1) is 22.0. The second-order valence-electron chi connectivity index (χ2n) is 11.4. The highest BCUT2D eigenvalue weighted by Crippen LogP contribution is 2.22. The molecule has 0 aliphatic carbocycles. The topological polar surface area (TPSA) is 216 Å². The lowest BCUT2D eigenvalue weighted by Crippen LogP contribution is -2.60. The average Bonchev–Trinajstić information content (AvgIpc) is 3.68. The first kappa shape index (κ1) is 33.9. The highest BCUT2D eigenvalue weighted by atomic mass is 16.5. The van der Waals surface area contributed by atoms with Crippen molar-refractivity contribution in [2.45, 2.75) is 76.1 Å². The minimum absolute atomic E-state index is 0.0126. The van der Waals surface area contributed by atoms with Crippen LogP contribution in [0.25, 0.3) is 10.9 Å². The van der Waals surface area contributed by atoms with E-state index in [1.165, 1.54) is 18.7 Å². The van der Waals surface area contributed by atoms with Crippen molar-refractivity contribution in [2.75, 3.05) is 6.54 Å². The maximum Gasteiger partial charge on any atom is 0.408 e. The Morgan fingerprint density at radius 2 is 1.63 bits per heavy atom. The number of hydrogen-bond donors (Lipinski definition) is 7. The third kappa shape index (κ3) is 8.40. The van der Waals surface area contributed by atoms with Crippen LogP contribution in [0, 0.1) is 0 Å². The van der Waals surface area contributed by atoms with Gasteiger partial charge in [0.05, 0.1) is 12.2 Å². The third-order valence-corrected chi connectivity index (χ3v) is 7.89. The Labute approximate surface area is 265 Å². The molecule has 246 valence electrons. The largest absolute Gasteiger partial charge is 0.445 e. The molecule has 1 aromatic heterocycles. The van der Waals surface area contributed by atoms with Crippen LogP contribution in [0.5, 0.6) is 0 Å². The van der Waals surface area contributed by atoms with Gasteiger partial charge in [-0.3, -0.25) is 19.2 Å². The molecule has 8 N–H and O–H groups in total. The maximum atomic E-state index is 13.7. The van der Waals surface area contributed by atoms with Crippen molar-refractivity contribution in [3.63, 3.8) is 0 Å². The summed E-state index contributed by atoms with van der Waals surface area (Å²) in [5.41, 5.74) is 7.62. The van der Waals surface area contributed by atoms with Gasteiger partial charge in [0.2, 0.25) is 23.6 Å². The van der Waals surface area contributed by atoms with Crippen LogP contribution in [0.15, 0.2) is 60.8 Å². The molecule has 4 rings (SSSR count). The van der Waals surface area contributed by atoms with Crippen molar-refractivity contribution in [1.82, 2.24) is 25.8 Å². The number of hydrogen-bond acceptors (Lipinski definition) is 8. The van der Waals surface area contributed by atoms with Crippen molar-refractivity contribution in [3.05, 3.63) is 71.9 Å². The highest BCUT2D eigenvalue weighted by Gasteiger charge is 2.41. The van der Waals surface area contributed by atoms with Gasteiger partial charge in [-0.05, 0) is 43.9 Å². The smallest absolute Gasteiger partial charge is 0.408 e. The maximum absolute atomic E-state index is 13.7. The zero-order valence-electron chi connectivity index (χ0n) is 25.6. The normalized spacial score (nSPS) is 17.7. The number of aliphatic hydroxyl groups excluding tert-OH is 2. The molecule has 1 fully saturated rings. The Hall–Kier alpha value is -4.95. The first-order valence-corrected chi connectivity index (χ1v) is 15.0. The number of para-hydroxylation sites is 1. The van der Waals surface area contributed by atoms with Crippen molar-refractivity contribution in [1.29, 1.82) is 0 Å². The number of aliphatic hydroxyl groups is 2. The molecule has 0 radical (unpaired) electrons. The van der Waals surface area contributed by atoms with Gasteiger partial charge in [-0.1, -0.05) is 48.5 Å². The van der Waals surface area contributed by atoms with Gasteiger partial charge in [0, 0.05) is 30.1 Å². The number of rotatable bonds is 13. The number of ether oxygens (including phenoxy) is 1. The van der Waals surface area contributed by atoms with E-state index >= 15 is 0 Å². The van der Waals surface area contributed by atoms with Crippen LogP contribution >= 0.6 is 0 Å². The van der Waals surface area contributed by atoms with Crippen molar-refractivity contribution in [3.8, 4) is 0 Å². The summed E-state index contributed by atoms with van der Waals surface area (Å²) in [6.45, 7) is 2.76. The summed E-state index contributed by atoms with van der Waals surface area (Å²) in [5.74, 6) is -3.05. The van der Waals surface area contributed by atoms with E-state index in [2.05, 4.69) is 20.9 Å². The molecular weight excluding hydrogens is 596 g/mol. The molecule has 46 heavy (non-hydrogen) atoms. The minimum Gasteiger partial charge on any atom is -0.445 e. The van der Waals surface area contributed by atoms with Gasteiger partial charge in [-0.2, -0.15) is 0 Å². The molecule has 5 amide bonds. The van der Waals surface area contributed by atoms with Crippen LogP contribution in [-0.4, -0.2) is 92.7 Å². The zero-order valence-corrected chi connectivity index (χ0v) is 25.6. The predicted octanol–water partition coefficient (Wildman–Crippen LogP) is 0.213. The molecule has 0 saturated carbocycles. The number of carbonyl (C=O) groups excluding carboxylic acids is 5. The fourth-order valence-corrected chi connectivity index (χ4v) is 5.44. The number of benzene rings is 2. The predicted molar refractivity (Wildman–Crippen MR) is 167 cm³/mol. The van der Waals surface area contributed by atoms with Gasteiger partial charge in [0.25, 0.3) is 0 Å². The summed E-state index contributed by atoms with van der Waals surface area (Å²) in [4.78, 5) is 69.5. The molecule has 1 saturated heterocycles. The highest BCUT2D eigenvalue weighted by molar-refractivity contribution is 5.96. The number of nitrogens with one attached hydrogen (secondary N) is 4. The number of likely N-dealkylation sites (tertiary alicyclic amines) is 1. The SMILES string of the molecule is C[C@@H](O)[C@H](NC(=O)[C@H](Cc1c[nH]c2ccccc12)NC(=O)[C@@H]1CCCN1C(=O)[C@@H](NC(=O)OCc1ccccc1)[C@@H](C)O)C(N)=O. The Kier molecular flexibility index (Phi) is 11.3. The van der Waals surface area contributed by atoms with E-state index in [0.29, 0.717) is 12.0 Å². The molecule has 2 aromatic carbocycles. The van der Waals surface area contributed by atoms with Gasteiger partial charge >= 0.3 is 6.09 Å². The second-order valence-corrected chi connectivity index (χ2v) is 11.4. The monoisotopic (exact) mass is 636 g/mol. The molecule has 1 aliphatic heterocycles. The Bertz CT molecular complexity index is 1540. The summed E-state index contributed by atoms with van der Waals surface area (Å²) >= 11 is 0. The number of primary amides is 1. The fraction of sp³-hybridized carbons (Fsp3) is 0.406. The van der Waals surface area contributed by atoms with E-state index in [0.717, 1.165) is 16.5 Å². The van der Waals surface area contributed by atoms with E-state index < -0.39 is 66.1 Å². The Morgan fingerprint density at radius 3 is 2.30 bits per heavy atom. The van der Waals surface area contributed by atoms with Gasteiger partial charge in [0.1, 0.15) is 30.8 Å². The first-order valence-electron chi connectivity index (χ1n) is 15.0. The van der Waals surface area contributed by atoms with Crippen LogP contribution in [0.4, 0.5) is 4.79 Å². The van der Waals surface area contributed by atoms with Crippen LogP contribution in [0.3, 0.4) is 0 Å². The lowest BCUT2D eigenvalue weighted by molar-refractivity contribution is -0.142. The molecule has 1 aliphatic rings. The van der Waals surface area contributed by atoms with Gasteiger partial charge in [-0.25, -0.2) is 4.79 Å². The van der Waals surface area contributed by atoms with Gasteiger partial charge < -0.3 is 46.5 Å². The van der Waals surface area contributed by atoms with E-state index in [-0.39, 0.29) is 26.0 Å². The fourth-order valence-electron chi connectivity index (χ4n) is 5.44. The van der Waals surface area contributed by atoms with Crippen LogP contribution < -0.4 is 21.7 Å². The summed E-state index contributed by atoms with van der Waals surface area (Å²) < 4.78 is 5.21. The zero-order chi connectivity index (χ0) is 33.4. The van der Waals surface area contributed by atoms with E-state index in [4.69, 9.17) is 10.5 Å². The molecule has 14 heteroatoms. The minimum atomic E-state index is -1.40. The Balaban J connectivity index is 1.49. The number of H-pyrrole nitrogens is 1. The number of nitrogens with two attached hydrogens (primary N) is 1. The standard InChI is InChI=1S/C32H40N6O8/c1-18(39)26(28(33)41)36-29(42)24(15-21-16-34-23-12-7-6-11-22(21)23)35-30(43)25-13-8-14-38(25)31(44)27(19(2)40)37-32(45)46-17-20-9-4-3-5-10-20/h3-7,9-12,16,18-19,24-27,34,39-40H,8,13-15,17H2,1-2H3,(H2,33,41)(H,35,43)(H,36,42)(H,37,45)/t18-,19-,24+,25+,26+,27+/m1/s1. The molecule has 0 spiro atoms. The molecule has 0 bridgehead atoms. The van der Waals surface area contributed by atoms with Crippen molar-refractivity contribution in [2.24, 2.45) is 5.73 Å². The lowest BCUT2D eigenvalue weighted by Gasteiger charge is -2.31. The van der Waals surface area contributed by atoms with E-state index in [1.807, 2.05) is 30.3 Å². The van der Waals surface area contributed by atoms with Crippen LogP contribution in [0.2, 0.25) is 0 Å². The molecule has 0 unspecified atom stereocenters. The number of amides is 5. The summed E-state index contributed by atoms with van der Waals surface area (Å²) in [5, 5.41) is 28.7. The second kappa shape index (κ2) is 15.4. The van der Waals surface area contributed by atoms with E-state index in [1.54, 1.807) is 30.5 Å². The van der Waals surface area contributed by atoms with Crippen LogP contribution in [-0.2, 0) is 36.9 Å². The molecular formula is C32H40N6O8. The van der Waals surface area contributed by atoms with Crippen LogP contribution in [0.1, 0.15) is 37.8 Å². The molecule has 2 heterocycles. The molecule has 14 nitrogen and oxygen atoms in total. The number of fused-ring (bicyclic) bond motifs is 1. The summed E-state index contributed by atoms with van der Waals surface area (Å²) in [6, 6.07) is 11.3. The number of nitrogens with zero attached hydrogens (tertiary/aromatic N) is 1.